The number of carbonyl (C=O) groups excluding carboxylic acids is 1. The van der Waals surface area contributed by atoms with E-state index in [-0.39, 0.29) is 48.5 Å². The second-order valence-corrected chi connectivity index (χ2v) is 5.56. The third-order valence-electron chi connectivity index (χ3n) is 3.96. The van der Waals surface area contributed by atoms with Gasteiger partial charge in [0.05, 0.1) is 13.2 Å². The average Bonchev–Trinajstić information content (AvgIpc) is 3.08. The van der Waals surface area contributed by atoms with Gasteiger partial charge in [-0.15, -0.1) is 24.0 Å². The van der Waals surface area contributed by atoms with Crippen LogP contribution in [0.5, 0.6) is 0 Å². The highest BCUT2D eigenvalue weighted by Crippen LogP contribution is 2.13. The number of aromatic nitrogens is 2. The van der Waals surface area contributed by atoms with Crippen LogP contribution < -0.4 is 10.6 Å². The topological polar surface area (TPSA) is 83.8 Å². The lowest BCUT2D eigenvalue weighted by Gasteiger charge is -2.32. The van der Waals surface area contributed by atoms with Gasteiger partial charge in [0.15, 0.2) is 5.96 Å². The first kappa shape index (κ1) is 22.4. The lowest BCUT2D eigenvalue weighted by Crippen LogP contribution is -2.49. The van der Waals surface area contributed by atoms with Crippen LogP contribution in [0.3, 0.4) is 0 Å². The van der Waals surface area contributed by atoms with Gasteiger partial charge in [-0.05, 0) is 19.8 Å². The van der Waals surface area contributed by atoms with E-state index in [4.69, 9.17) is 4.74 Å². The molecule has 0 aliphatic carbocycles. The van der Waals surface area contributed by atoms with Crippen LogP contribution in [-0.2, 0) is 11.3 Å². The number of guanidine groups is 1. The van der Waals surface area contributed by atoms with E-state index >= 15 is 0 Å². The molecule has 11 heteroatoms. The summed E-state index contributed by atoms with van der Waals surface area (Å²) in [5.41, 5.74) is 0. The van der Waals surface area contributed by atoms with Crippen LogP contribution in [0.2, 0.25) is 0 Å². The molecule has 1 aliphatic rings. The summed E-state index contributed by atoms with van der Waals surface area (Å²) in [6, 6.07) is 0.145. The number of likely N-dealkylation sites (tertiary alicyclic amines) is 1. The molecule has 1 aromatic heterocycles. The standard InChI is InChI=1S/C15H24F2N6O2.HI/c1-3-25-15(24)22-7-4-11(5-8-22)21-14(18-2)20-10-12-19-6-9-23(12)13(16)17;/h6,9,11,13H,3-5,7-8,10H2,1-2H3,(H2,18,20,21);1H. The second kappa shape index (κ2) is 11.1. The van der Waals surface area contributed by atoms with Crippen LogP contribution >= 0.6 is 24.0 Å². The molecule has 0 spiro atoms. The van der Waals surface area contributed by atoms with Gasteiger partial charge in [-0.2, -0.15) is 8.78 Å². The molecule has 1 amide bonds. The summed E-state index contributed by atoms with van der Waals surface area (Å²) in [5.74, 6) is 0.744. The molecule has 0 unspecified atom stereocenters. The van der Waals surface area contributed by atoms with Crippen molar-refractivity contribution in [2.45, 2.75) is 38.9 Å². The molecule has 1 aromatic rings. The maximum atomic E-state index is 12.8. The van der Waals surface area contributed by atoms with Crippen LogP contribution in [0.15, 0.2) is 17.4 Å². The molecule has 1 fully saturated rings. The first-order chi connectivity index (χ1) is 12.0. The summed E-state index contributed by atoms with van der Waals surface area (Å²) < 4.78 is 31.4. The third kappa shape index (κ3) is 6.25. The van der Waals surface area contributed by atoms with E-state index in [0.29, 0.717) is 25.7 Å². The molecule has 26 heavy (non-hydrogen) atoms. The van der Waals surface area contributed by atoms with Gasteiger partial charge in [-0.25, -0.2) is 9.78 Å². The number of hydrogen-bond acceptors (Lipinski definition) is 4. The summed E-state index contributed by atoms with van der Waals surface area (Å²) in [7, 11) is 1.61. The highest BCUT2D eigenvalue weighted by atomic mass is 127. The maximum Gasteiger partial charge on any atom is 0.409 e. The van der Waals surface area contributed by atoms with Crippen molar-refractivity contribution in [2.24, 2.45) is 4.99 Å². The van der Waals surface area contributed by atoms with Crippen molar-refractivity contribution in [1.82, 2.24) is 25.1 Å². The summed E-state index contributed by atoms with van der Waals surface area (Å²) in [6.07, 6.45) is 3.80. The normalized spacial score (nSPS) is 15.6. The molecule has 1 aliphatic heterocycles. The van der Waals surface area contributed by atoms with Crippen molar-refractivity contribution in [3.63, 3.8) is 0 Å². The van der Waals surface area contributed by atoms with Crippen molar-refractivity contribution in [1.29, 1.82) is 0 Å². The summed E-state index contributed by atoms with van der Waals surface area (Å²) >= 11 is 0. The Hall–Kier alpha value is -1.66. The minimum absolute atomic E-state index is 0. The molecule has 2 heterocycles. The maximum absolute atomic E-state index is 12.8. The Morgan fingerprint density at radius 3 is 2.73 bits per heavy atom. The summed E-state index contributed by atoms with van der Waals surface area (Å²) in [5, 5.41) is 6.23. The van der Waals surface area contributed by atoms with Crippen molar-refractivity contribution < 1.29 is 18.3 Å². The Morgan fingerprint density at radius 1 is 1.46 bits per heavy atom. The van der Waals surface area contributed by atoms with E-state index in [1.807, 2.05) is 0 Å². The quantitative estimate of drug-likeness (QED) is 0.379. The molecular weight excluding hydrogens is 461 g/mol. The molecule has 1 saturated heterocycles. The molecule has 8 nitrogen and oxygen atoms in total. The zero-order valence-electron chi connectivity index (χ0n) is 14.8. The number of aliphatic imine (C=N–C) groups is 1. The van der Waals surface area contributed by atoms with Crippen molar-refractivity contribution in [2.75, 3.05) is 26.7 Å². The monoisotopic (exact) mass is 486 g/mol. The number of piperidine rings is 1. The SMILES string of the molecule is CCOC(=O)N1CCC(NC(=NC)NCc2nccn2C(F)F)CC1.I. The van der Waals surface area contributed by atoms with Gasteiger partial charge in [-0.3, -0.25) is 9.56 Å². The Balaban J connectivity index is 0.00000338. The van der Waals surface area contributed by atoms with Crippen LogP contribution in [0, 0.1) is 0 Å². The highest BCUT2D eigenvalue weighted by Gasteiger charge is 2.24. The molecule has 2 N–H and O–H groups in total. The summed E-state index contributed by atoms with van der Waals surface area (Å²) in [6.45, 7) is 0.857. The largest absolute Gasteiger partial charge is 0.450 e. The minimum Gasteiger partial charge on any atom is -0.450 e. The predicted octanol–water partition coefficient (Wildman–Crippen LogP) is 2.18. The molecule has 0 bridgehead atoms. The fourth-order valence-corrected chi connectivity index (χ4v) is 2.63. The minimum atomic E-state index is -2.62. The summed E-state index contributed by atoms with van der Waals surface area (Å²) in [4.78, 5) is 21.4. The first-order valence-electron chi connectivity index (χ1n) is 8.23. The number of ether oxygens (including phenoxy) is 1. The van der Waals surface area contributed by atoms with Crippen molar-refractivity contribution >= 4 is 36.0 Å². The molecular formula is C15H25F2IN6O2. The predicted molar refractivity (Wildman–Crippen MR) is 104 cm³/mol. The van der Waals surface area contributed by atoms with E-state index in [1.165, 1.54) is 12.4 Å². The molecule has 0 atom stereocenters. The third-order valence-corrected chi connectivity index (χ3v) is 3.96. The number of rotatable bonds is 5. The molecule has 148 valence electrons. The number of alkyl halides is 2. The number of imidazole rings is 1. The average molecular weight is 486 g/mol. The van der Waals surface area contributed by atoms with Gasteiger partial charge in [0, 0.05) is 38.6 Å². The number of amides is 1. The number of carbonyl (C=O) groups is 1. The molecule has 0 aromatic carbocycles. The Kier molecular flexibility index (Phi) is 9.59. The fourth-order valence-electron chi connectivity index (χ4n) is 2.63. The number of nitrogens with zero attached hydrogens (tertiary/aromatic N) is 4. The van der Waals surface area contributed by atoms with Crippen LogP contribution in [0.1, 0.15) is 32.1 Å². The van der Waals surface area contributed by atoms with E-state index in [2.05, 4.69) is 20.6 Å². The van der Waals surface area contributed by atoms with E-state index in [0.717, 1.165) is 17.4 Å². The van der Waals surface area contributed by atoms with Gasteiger partial charge in [0.2, 0.25) is 0 Å². The zero-order valence-corrected chi connectivity index (χ0v) is 17.2. The van der Waals surface area contributed by atoms with Gasteiger partial charge >= 0.3 is 12.6 Å². The van der Waals surface area contributed by atoms with Crippen LogP contribution in [0.4, 0.5) is 13.6 Å². The Bertz CT molecular complexity index is 590. The Labute approximate surface area is 168 Å². The van der Waals surface area contributed by atoms with Gasteiger partial charge < -0.3 is 20.3 Å². The van der Waals surface area contributed by atoms with Crippen LogP contribution in [-0.4, -0.2) is 59.3 Å². The molecule has 2 rings (SSSR count). The number of nitrogens with one attached hydrogen (secondary N) is 2. The van der Waals surface area contributed by atoms with E-state index < -0.39 is 6.55 Å². The van der Waals surface area contributed by atoms with Gasteiger partial charge in [0.25, 0.3) is 0 Å². The highest BCUT2D eigenvalue weighted by molar-refractivity contribution is 14.0. The fraction of sp³-hybridized carbons (Fsp3) is 0.667. The lowest BCUT2D eigenvalue weighted by atomic mass is 10.1. The van der Waals surface area contributed by atoms with Gasteiger partial charge in [-0.1, -0.05) is 0 Å². The Morgan fingerprint density at radius 2 is 2.15 bits per heavy atom. The zero-order chi connectivity index (χ0) is 18.2. The van der Waals surface area contributed by atoms with Crippen LogP contribution in [0.25, 0.3) is 0 Å². The smallest absolute Gasteiger partial charge is 0.409 e. The van der Waals surface area contributed by atoms with Crippen molar-refractivity contribution in [3.05, 3.63) is 18.2 Å². The molecule has 0 radical (unpaired) electrons. The van der Waals surface area contributed by atoms with E-state index in [1.54, 1.807) is 18.9 Å². The number of halogens is 3. The lowest BCUT2D eigenvalue weighted by molar-refractivity contribution is 0.0668. The number of hydrogen-bond donors (Lipinski definition) is 2. The first-order valence-corrected chi connectivity index (χ1v) is 8.23. The van der Waals surface area contributed by atoms with Crippen molar-refractivity contribution in [3.8, 4) is 0 Å². The van der Waals surface area contributed by atoms with E-state index in [9.17, 15) is 13.6 Å². The van der Waals surface area contributed by atoms with Gasteiger partial charge in [0.1, 0.15) is 5.82 Å². The second-order valence-electron chi connectivity index (χ2n) is 5.56. The molecule has 0 saturated carbocycles.